The van der Waals surface area contributed by atoms with Crippen molar-refractivity contribution in [3.63, 3.8) is 0 Å². The second kappa shape index (κ2) is 10.2. The van der Waals surface area contributed by atoms with Gasteiger partial charge in [0.05, 0.1) is 10.8 Å². The average molecular weight is 498 g/mol. The van der Waals surface area contributed by atoms with Crippen LogP contribution < -0.4 is 16.0 Å². The third-order valence-electron chi connectivity index (χ3n) is 4.15. The molecule has 0 bridgehead atoms. The lowest BCUT2D eigenvalue weighted by Gasteiger charge is -2.11. The lowest BCUT2D eigenvalue weighted by Crippen LogP contribution is -2.37. The molecule has 0 aliphatic rings. The van der Waals surface area contributed by atoms with Crippen LogP contribution in [0.1, 0.15) is 11.3 Å². The number of rotatable bonds is 9. The monoisotopic (exact) mass is 497 g/mol. The van der Waals surface area contributed by atoms with Crippen molar-refractivity contribution in [3.8, 4) is 0 Å². The maximum atomic E-state index is 12.2. The van der Waals surface area contributed by atoms with Gasteiger partial charge in [0, 0.05) is 43.3 Å². The van der Waals surface area contributed by atoms with Crippen LogP contribution >= 0.6 is 15.9 Å². The van der Waals surface area contributed by atoms with Crippen LogP contribution in [0.2, 0.25) is 0 Å². The van der Waals surface area contributed by atoms with Crippen molar-refractivity contribution in [1.29, 1.82) is 0 Å². The van der Waals surface area contributed by atoms with Crippen molar-refractivity contribution in [2.75, 3.05) is 23.7 Å². The maximum Gasteiger partial charge on any atom is 0.471 e. The summed E-state index contributed by atoms with van der Waals surface area (Å²) in [6.45, 7) is 0.547. The molecular weight excluding hydrogens is 479 g/mol. The average Bonchev–Trinajstić information content (AvgIpc) is 3.24. The largest absolute Gasteiger partial charge is 0.471 e. The van der Waals surface area contributed by atoms with Crippen LogP contribution in [0.25, 0.3) is 0 Å². The van der Waals surface area contributed by atoms with E-state index in [9.17, 15) is 18.0 Å². The molecule has 2 aromatic heterocycles. The normalized spacial score (nSPS) is 11.2. The third kappa shape index (κ3) is 6.95. The Bertz CT molecular complexity index is 995. The SMILES string of the molecule is O=C(NCCc1ccc(Nc2ncc(Br)c(NCCc3cnc[nH]3)n2)cc1)C(F)(F)F. The van der Waals surface area contributed by atoms with E-state index in [2.05, 4.69) is 46.5 Å². The van der Waals surface area contributed by atoms with E-state index in [-0.39, 0.29) is 13.0 Å². The highest BCUT2D eigenvalue weighted by atomic mass is 79.9. The standard InChI is InChI=1S/C19H19BrF3N7O/c20-15-10-27-18(30-16(15)25-8-6-14-9-24-11-28-14)29-13-3-1-12(2-4-13)5-7-26-17(31)19(21,22)23/h1-4,9-11H,5-8H2,(H,24,28)(H,26,31)(H2,25,27,29,30). The number of nitrogens with zero attached hydrogens (tertiary/aromatic N) is 3. The zero-order valence-electron chi connectivity index (χ0n) is 16.1. The van der Waals surface area contributed by atoms with E-state index in [1.807, 2.05) is 5.32 Å². The zero-order chi connectivity index (χ0) is 22.3. The van der Waals surface area contributed by atoms with E-state index in [0.717, 1.165) is 22.2 Å². The van der Waals surface area contributed by atoms with Gasteiger partial charge < -0.3 is 20.9 Å². The first-order valence-electron chi connectivity index (χ1n) is 9.26. The molecule has 0 aliphatic heterocycles. The van der Waals surface area contributed by atoms with Crippen molar-refractivity contribution in [2.24, 2.45) is 0 Å². The fraction of sp³-hybridized carbons (Fsp3) is 0.263. The van der Waals surface area contributed by atoms with Crippen molar-refractivity contribution < 1.29 is 18.0 Å². The van der Waals surface area contributed by atoms with Crippen LogP contribution in [0.15, 0.2) is 47.5 Å². The second-order valence-corrected chi connectivity index (χ2v) is 7.32. The van der Waals surface area contributed by atoms with Crippen molar-refractivity contribution in [3.05, 3.63) is 58.7 Å². The fourth-order valence-electron chi connectivity index (χ4n) is 2.59. The number of imidazole rings is 1. The van der Waals surface area contributed by atoms with Gasteiger partial charge in [-0.25, -0.2) is 9.97 Å². The highest BCUT2D eigenvalue weighted by Gasteiger charge is 2.38. The predicted molar refractivity (Wildman–Crippen MR) is 113 cm³/mol. The maximum absolute atomic E-state index is 12.2. The Hall–Kier alpha value is -3.15. The van der Waals surface area contributed by atoms with Crippen LogP contribution in [-0.2, 0) is 17.6 Å². The summed E-state index contributed by atoms with van der Waals surface area (Å²) in [5, 5.41) is 8.15. The van der Waals surface area contributed by atoms with Crippen LogP contribution in [-0.4, -0.2) is 45.1 Å². The number of anilines is 3. The molecule has 0 radical (unpaired) electrons. The van der Waals surface area contributed by atoms with Crippen molar-refractivity contribution in [1.82, 2.24) is 25.3 Å². The second-order valence-electron chi connectivity index (χ2n) is 6.47. The van der Waals surface area contributed by atoms with Gasteiger partial charge in [0.25, 0.3) is 0 Å². The van der Waals surface area contributed by atoms with Gasteiger partial charge in [-0.05, 0) is 40.0 Å². The number of H-pyrrole nitrogens is 1. The van der Waals surface area contributed by atoms with Gasteiger partial charge in [-0.15, -0.1) is 0 Å². The van der Waals surface area contributed by atoms with E-state index in [4.69, 9.17) is 0 Å². The number of aromatic amines is 1. The molecule has 3 aromatic rings. The molecule has 1 amide bonds. The predicted octanol–water partition coefficient (Wildman–Crippen LogP) is 3.58. The molecule has 3 rings (SSSR count). The molecule has 0 saturated carbocycles. The quantitative estimate of drug-likeness (QED) is 0.360. The lowest BCUT2D eigenvalue weighted by atomic mass is 10.1. The Labute approximate surface area is 184 Å². The fourth-order valence-corrected chi connectivity index (χ4v) is 2.92. The number of amides is 1. The molecular formula is C19H19BrF3N7O. The number of alkyl halides is 3. The van der Waals surface area contributed by atoms with Gasteiger partial charge in [-0.3, -0.25) is 4.79 Å². The Kier molecular flexibility index (Phi) is 7.45. The minimum atomic E-state index is -4.87. The summed E-state index contributed by atoms with van der Waals surface area (Å²) in [6, 6.07) is 7.03. The molecule has 2 heterocycles. The molecule has 164 valence electrons. The summed E-state index contributed by atoms with van der Waals surface area (Å²) in [7, 11) is 0. The number of aromatic nitrogens is 4. The van der Waals surface area contributed by atoms with Crippen LogP contribution in [0.5, 0.6) is 0 Å². The Morgan fingerprint density at radius 2 is 1.87 bits per heavy atom. The van der Waals surface area contributed by atoms with Gasteiger partial charge in [0.1, 0.15) is 5.82 Å². The molecule has 0 saturated heterocycles. The highest BCUT2D eigenvalue weighted by molar-refractivity contribution is 9.10. The van der Waals surface area contributed by atoms with Gasteiger partial charge in [0.15, 0.2) is 0 Å². The van der Waals surface area contributed by atoms with E-state index >= 15 is 0 Å². The minimum absolute atomic E-state index is 0.103. The van der Waals surface area contributed by atoms with E-state index < -0.39 is 12.1 Å². The topological polar surface area (TPSA) is 108 Å². The van der Waals surface area contributed by atoms with Crippen molar-refractivity contribution in [2.45, 2.75) is 19.0 Å². The number of hydrogen-bond donors (Lipinski definition) is 4. The summed E-state index contributed by atoms with van der Waals surface area (Å²) >= 11 is 3.41. The highest BCUT2D eigenvalue weighted by Crippen LogP contribution is 2.22. The molecule has 0 spiro atoms. The van der Waals surface area contributed by atoms with Gasteiger partial charge >= 0.3 is 12.1 Å². The molecule has 0 unspecified atom stereocenters. The smallest absolute Gasteiger partial charge is 0.369 e. The summed E-state index contributed by atoms with van der Waals surface area (Å²) in [6.07, 6.45) is 1.18. The first-order valence-corrected chi connectivity index (χ1v) is 10.1. The first kappa shape index (κ1) is 22.5. The van der Waals surface area contributed by atoms with Gasteiger partial charge in [-0.2, -0.15) is 18.2 Å². The first-order chi connectivity index (χ1) is 14.8. The molecule has 12 heteroatoms. The Morgan fingerprint density at radius 3 is 2.55 bits per heavy atom. The van der Waals surface area contributed by atoms with E-state index in [1.165, 1.54) is 0 Å². The molecule has 8 nitrogen and oxygen atoms in total. The third-order valence-corrected chi connectivity index (χ3v) is 4.73. The van der Waals surface area contributed by atoms with Crippen LogP contribution in [0.3, 0.4) is 0 Å². The number of nitrogens with one attached hydrogen (secondary N) is 4. The Morgan fingerprint density at radius 1 is 1.10 bits per heavy atom. The molecule has 1 aromatic carbocycles. The molecule has 0 aliphatic carbocycles. The van der Waals surface area contributed by atoms with E-state index in [0.29, 0.717) is 24.0 Å². The molecule has 4 N–H and O–H groups in total. The van der Waals surface area contributed by atoms with Gasteiger partial charge in [0.2, 0.25) is 5.95 Å². The minimum Gasteiger partial charge on any atom is -0.369 e. The molecule has 0 fully saturated rings. The number of benzene rings is 1. The Balaban J connectivity index is 1.51. The lowest BCUT2D eigenvalue weighted by molar-refractivity contribution is -0.173. The molecule has 31 heavy (non-hydrogen) atoms. The summed E-state index contributed by atoms with van der Waals surface area (Å²) < 4.78 is 37.3. The number of hydrogen-bond acceptors (Lipinski definition) is 6. The number of carbonyl (C=O) groups is 1. The number of halogens is 4. The van der Waals surface area contributed by atoms with Gasteiger partial charge in [-0.1, -0.05) is 12.1 Å². The summed E-state index contributed by atoms with van der Waals surface area (Å²) in [5.41, 5.74) is 2.51. The zero-order valence-corrected chi connectivity index (χ0v) is 17.7. The van der Waals surface area contributed by atoms with Crippen LogP contribution in [0, 0.1) is 0 Å². The van der Waals surface area contributed by atoms with Crippen molar-refractivity contribution >= 4 is 39.3 Å². The summed E-state index contributed by atoms with van der Waals surface area (Å²) in [4.78, 5) is 26.5. The number of carbonyl (C=O) groups excluding carboxylic acids is 1. The van der Waals surface area contributed by atoms with Crippen LogP contribution in [0.4, 0.5) is 30.6 Å². The summed E-state index contributed by atoms with van der Waals surface area (Å²) in [5.74, 6) is -0.918. The molecule has 0 atom stereocenters. The van der Waals surface area contributed by atoms with E-state index in [1.54, 1.807) is 43.0 Å².